The lowest BCUT2D eigenvalue weighted by Crippen LogP contribution is -2.54. The molecule has 0 atom stereocenters. The van der Waals surface area contributed by atoms with Gasteiger partial charge < -0.3 is 9.80 Å². The summed E-state index contributed by atoms with van der Waals surface area (Å²) in [6.45, 7) is 5.69. The molecular weight excluding hydrogens is 266 g/mol. The molecule has 2 heterocycles. The van der Waals surface area contributed by atoms with Crippen molar-refractivity contribution in [2.75, 3.05) is 45.5 Å². The third-order valence-electron chi connectivity index (χ3n) is 4.03. The van der Waals surface area contributed by atoms with Gasteiger partial charge in [-0.15, -0.1) is 0 Å². The van der Waals surface area contributed by atoms with E-state index < -0.39 is 10.0 Å². The van der Waals surface area contributed by atoms with Crippen molar-refractivity contribution < 1.29 is 13.2 Å². The molecule has 0 aromatic rings. The van der Waals surface area contributed by atoms with Crippen LogP contribution in [0.15, 0.2) is 0 Å². The fourth-order valence-electron chi connectivity index (χ4n) is 2.61. The molecule has 2 aliphatic heterocycles. The molecule has 2 rings (SSSR count). The van der Waals surface area contributed by atoms with Gasteiger partial charge in [0, 0.05) is 39.3 Å². The van der Waals surface area contributed by atoms with Gasteiger partial charge in [-0.2, -0.15) is 4.31 Å². The number of carbonyl (C=O) groups excluding carboxylic acids is 1. The van der Waals surface area contributed by atoms with Crippen molar-refractivity contribution in [1.29, 1.82) is 0 Å². The van der Waals surface area contributed by atoms with E-state index in [1.54, 1.807) is 4.90 Å². The van der Waals surface area contributed by atoms with Gasteiger partial charge in [-0.3, -0.25) is 0 Å². The van der Waals surface area contributed by atoms with Crippen molar-refractivity contribution in [3.63, 3.8) is 0 Å². The van der Waals surface area contributed by atoms with Gasteiger partial charge in [0.1, 0.15) is 0 Å². The Labute approximate surface area is 115 Å². The smallest absolute Gasteiger partial charge is 0.320 e. The number of piperazine rings is 1. The molecule has 0 aromatic carbocycles. The standard InChI is InChI=1S/C12H23N3O3S/c1-11-3-5-13(6-4-11)12(16)14-7-9-15(10-8-14)19(2,17)18/h11H,3-10H2,1-2H3. The second-order valence-corrected chi connectivity index (χ2v) is 7.58. The zero-order valence-electron chi connectivity index (χ0n) is 11.7. The molecule has 2 saturated heterocycles. The number of rotatable bonds is 1. The van der Waals surface area contributed by atoms with Gasteiger partial charge in [-0.1, -0.05) is 6.92 Å². The Morgan fingerprint density at radius 2 is 1.42 bits per heavy atom. The van der Waals surface area contributed by atoms with E-state index in [9.17, 15) is 13.2 Å². The Morgan fingerprint density at radius 3 is 1.89 bits per heavy atom. The topological polar surface area (TPSA) is 60.9 Å². The first-order valence-electron chi connectivity index (χ1n) is 6.87. The summed E-state index contributed by atoms with van der Waals surface area (Å²) in [5, 5.41) is 0. The number of piperidine rings is 1. The van der Waals surface area contributed by atoms with Crippen molar-refractivity contribution in [3.8, 4) is 0 Å². The van der Waals surface area contributed by atoms with E-state index in [4.69, 9.17) is 0 Å². The van der Waals surface area contributed by atoms with Gasteiger partial charge in [-0.25, -0.2) is 13.2 Å². The highest BCUT2D eigenvalue weighted by atomic mass is 32.2. The predicted molar refractivity (Wildman–Crippen MR) is 73.4 cm³/mol. The second-order valence-electron chi connectivity index (χ2n) is 5.60. The second kappa shape index (κ2) is 5.66. The molecule has 0 unspecified atom stereocenters. The lowest BCUT2D eigenvalue weighted by Gasteiger charge is -2.38. The number of urea groups is 1. The molecule has 0 radical (unpaired) electrons. The minimum absolute atomic E-state index is 0.0695. The highest BCUT2D eigenvalue weighted by Crippen LogP contribution is 2.18. The van der Waals surface area contributed by atoms with Crippen LogP contribution in [0.25, 0.3) is 0 Å². The number of likely N-dealkylation sites (tertiary alicyclic amines) is 1. The summed E-state index contributed by atoms with van der Waals surface area (Å²) in [7, 11) is -3.13. The molecule has 2 fully saturated rings. The zero-order chi connectivity index (χ0) is 14.0. The normalized spacial score (nSPS) is 23.7. The highest BCUT2D eigenvalue weighted by Gasteiger charge is 2.29. The molecule has 110 valence electrons. The van der Waals surface area contributed by atoms with Gasteiger partial charge in [-0.05, 0) is 18.8 Å². The quantitative estimate of drug-likeness (QED) is 0.703. The van der Waals surface area contributed by atoms with Gasteiger partial charge >= 0.3 is 6.03 Å². The molecule has 19 heavy (non-hydrogen) atoms. The van der Waals surface area contributed by atoms with Gasteiger partial charge in [0.05, 0.1) is 6.26 Å². The van der Waals surface area contributed by atoms with Gasteiger partial charge in [0.15, 0.2) is 0 Å². The molecule has 0 N–H and O–H groups in total. The third-order valence-corrected chi connectivity index (χ3v) is 5.34. The molecule has 2 amide bonds. The Hall–Kier alpha value is -0.820. The Morgan fingerprint density at radius 1 is 0.947 bits per heavy atom. The van der Waals surface area contributed by atoms with E-state index in [0.29, 0.717) is 32.1 Å². The largest absolute Gasteiger partial charge is 0.325 e. The van der Waals surface area contributed by atoms with Crippen LogP contribution in [-0.4, -0.2) is 74.1 Å². The number of sulfonamides is 1. The molecule has 0 aliphatic carbocycles. The van der Waals surface area contributed by atoms with Crippen LogP contribution in [0.4, 0.5) is 4.79 Å². The number of carbonyl (C=O) groups is 1. The van der Waals surface area contributed by atoms with Crippen LogP contribution in [0, 0.1) is 5.92 Å². The average molecular weight is 289 g/mol. The maximum absolute atomic E-state index is 12.3. The highest BCUT2D eigenvalue weighted by molar-refractivity contribution is 7.88. The first kappa shape index (κ1) is 14.6. The zero-order valence-corrected chi connectivity index (χ0v) is 12.5. The summed E-state index contributed by atoms with van der Waals surface area (Å²) < 4.78 is 24.3. The van der Waals surface area contributed by atoms with Crippen molar-refractivity contribution in [2.24, 2.45) is 5.92 Å². The Balaban J connectivity index is 1.86. The van der Waals surface area contributed by atoms with Crippen LogP contribution in [0.2, 0.25) is 0 Å². The van der Waals surface area contributed by atoms with E-state index in [2.05, 4.69) is 6.92 Å². The van der Waals surface area contributed by atoms with E-state index in [-0.39, 0.29) is 6.03 Å². The summed E-state index contributed by atoms with van der Waals surface area (Å²) in [5.41, 5.74) is 0. The van der Waals surface area contributed by atoms with Crippen molar-refractivity contribution in [1.82, 2.24) is 14.1 Å². The third kappa shape index (κ3) is 3.60. The maximum Gasteiger partial charge on any atom is 0.320 e. The fraction of sp³-hybridized carbons (Fsp3) is 0.917. The first-order valence-corrected chi connectivity index (χ1v) is 8.72. The molecule has 0 aromatic heterocycles. The van der Waals surface area contributed by atoms with E-state index in [1.165, 1.54) is 10.6 Å². The molecular formula is C12H23N3O3S. The minimum Gasteiger partial charge on any atom is -0.325 e. The van der Waals surface area contributed by atoms with Crippen molar-refractivity contribution >= 4 is 16.1 Å². The van der Waals surface area contributed by atoms with Crippen LogP contribution in [0.5, 0.6) is 0 Å². The molecule has 0 spiro atoms. The monoisotopic (exact) mass is 289 g/mol. The van der Waals surface area contributed by atoms with Crippen molar-refractivity contribution in [3.05, 3.63) is 0 Å². The summed E-state index contributed by atoms with van der Waals surface area (Å²) in [4.78, 5) is 16.0. The lowest BCUT2D eigenvalue weighted by atomic mass is 9.99. The Bertz CT molecular complexity index is 422. The van der Waals surface area contributed by atoms with Crippen molar-refractivity contribution in [2.45, 2.75) is 19.8 Å². The first-order chi connectivity index (χ1) is 8.88. The van der Waals surface area contributed by atoms with Crippen LogP contribution < -0.4 is 0 Å². The molecule has 0 bridgehead atoms. The molecule has 0 saturated carbocycles. The lowest BCUT2D eigenvalue weighted by molar-refractivity contribution is 0.120. The van der Waals surface area contributed by atoms with Gasteiger partial charge in [0.2, 0.25) is 10.0 Å². The predicted octanol–water partition coefficient (Wildman–Crippen LogP) is 0.416. The van der Waals surface area contributed by atoms with Crippen LogP contribution >= 0.6 is 0 Å². The summed E-state index contributed by atoms with van der Waals surface area (Å²) >= 11 is 0. The maximum atomic E-state index is 12.3. The SMILES string of the molecule is CC1CCN(C(=O)N2CCN(S(C)(=O)=O)CC2)CC1. The molecule has 2 aliphatic rings. The minimum atomic E-state index is -3.13. The average Bonchev–Trinajstić information content (AvgIpc) is 2.38. The summed E-state index contributed by atoms with van der Waals surface area (Å²) in [6.07, 6.45) is 3.35. The van der Waals surface area contributed by atoms with Gasteiger partial charge in [0.25, 0.3) is 0 Å². The summed E-state index contributed by atoms with van der Waals surface area (Å²) in [6, 6.07) is 0.0695. The van der Waals surface area contributed by atoms with Crippen LogP contribution in [0.3, 0.4) is 0 Å². The van der Waals surface area contributed by atoms with E-state index in [1.807, 2.05) is 4.90 Å². The fourth-order valence-corrected chi connectivity index (χ4v) is 3.44. The molecule has 6 nitrogen and oxygen atoms in total. The number of hydrogen-bond donors (Lipinski definition) is 0. The van der Waals surface area contributed by atoms with Crippen LogP contribution in [0.1, 0.15) is 19.8 Å². The van der Waals surface area contributed by atoms with E-state index >= 15 is 0 Å². The van der Waals surface area contributed by atoms with E-state index in [0.717, 1.165) is 25.9 Å². The summed E-state index contributed by atoms with van der Waals surface area (Å²) in [5.74, 6) is 0.700. The number of nitrogens with zero attached hydrogens (tertiary/aromatic N) is 3. The molecule has 7 heteroatoms. The van der Waals surface area contributed by atoms with Crippen LogP contribution in [-0.2, 0) is 10.0 Å². The Kier molecular flexibility index (Phi) is 4.35. The number of amides is 2. The number of hydrogen-bond acceptors (Lipinski definition) is 3.